The highest BCUT2D eigenvalue weighted by atomic mass is 16.7. The fourth-order valence-corrected chi connectivity index (χ4v) is 5.36. The van der Waals surface area contributed by atoms with Crippen LogP contribution in [0.2, 0.25) is 0 Å². The summed E-state index contributed by atoms with van der Waals surface area (Å²) < 4.78 is 12.3. The molecule has 6 nitrogen and oxygen atoms in total. The van der Waals surface area contributed by atoms with E-state index in [1.807, 2.05) is 0 Å². The standard InChI is InChI=1S/C27H43N3O3/c1-3-5-16-32-27(33-17-6-4-2)21-11-14-29(15-12-21)23-9-10-25-22(18-23)20-30(26(25)31)24-8-7-13-28-19-24/h9-10,18,21,24,27-28H,3-8,11-17,19-20H2,1-2H3. The van der Waals surface area contributed by atoms with Crippen molar-refractivity contribution in [3.63, 3.8) is 0 Å². The van der Waals surface area contributed by atoms with Gasteiger partial charge < -0.3 is 24.6 Å². The molecule has 33 heavy (non-hydrogen) atoms. The third kappa shape index (κ3) is 6.09. The first-order valence-corrected chi connectivity index (χ1v) is 13.3. The smallest absolute Gasteiger partial charge is 0.254 e. The third-order valence-corrected chi connectivity index (χ3v) is 7.48. The highest BCUT2D eigenvalue weighted by molar-refractivity contribution is 5.99. The average Bonchev–Trinajstić information content (AvgIpc) is 3.19. The molecule has 2 saturated heterocycles. The summed E-state index contributed by atoms with van der Waals surface area (Å²) in [5.41, 5.74) is 3.33. The van der Waals surface area contributed by atoms with Crippen molar-refractivity contribution < 1.29 is 14.3 Å². The zero-order valence-electron chi connectivity index (χ0n) is 20.7. The van der Waals surface area contributed by atoms with E-state index in [1.165, 1.54) is 11.3 Å². The maximum Gasteiger partial charge on any atom is 0.254 e. The molecule has 3 aliphatic rings. The molecule has 0 bridgehead atoms. The first kappa shape index (κ1) is 24.5. The van der Waals surface area contributed by atoms with Crippen molar-refractivity contribution in [2.24, 2.45) is 5.92 Å². The van der Waals surface area contributed by atoms with Gasteiger partial charge in [0.05, 0.1) is 0 Å². The van der Waals surface area contributed by atoms with Crippen molar-refractivity contribution in [3.05, 3.63) is 29.3 Å². The lowest BCUT2D eigenvalue weighted by atomic mass is 9.95. The van der Waals surface area contributed by atoms with Crippen LogP contribution in [0.4, 0.5) is 5.69 Å². The number of ether oxygens (including phenoxy) is 2. The molecule has 2 fully saturated rings. The Morgan fingerprint density at radius 2 is 1.79 bits per heavy atom. The third-order valence-electron chi connectivity index (χ3n) is 7.48. The first-order chi connectivity index (χ1) is 16.2. The number of benzene rings is 1. The molecule has 0 aliphatic carbocycles. The fraction of sp³-hybridized carbons (Fsp3) is 0.741. The van der Waals surface area contributed by atoms with Crippen LogP contribution in [-0.4, -0.2) is 62.5 Å². The van der Waals surface area contributed by atoms with Crippen LogP contribution in [0.15, 0.2) is 18.2 Å². The normalized spacial score (nSPS) is 21.8. The number of fused-ring (bicyclic) bond motifs is 1. The van der Waals surface area contributed by atoms with Crippen LogP contribution in [0.5, 0.6) is 0 Å². The lowest BCUT2D eigenvalue weighted by molar-refractivity contribution is -0.177. The van der Waals surface area contributed by atoms with E-state index < -0.39 is 0 Å². The molecule has 1 N–H and O–H groups in total. The summed E-state index contributed by atoms with van der Waals surface area (Å²) in [6, 6.07) is 6.79. The Hall–Kier alpha value is -1.63. The second-order valence-electron chi connectivity index (χ2n) is 9.92. The highest BCUT2D eigenvalue weighted by Crippen LogP contribution is 2.32. The van der Waals surface area contributed by atoms with Gasteiger partial charge in [0.15, 0.2) is 6.29 Å². The van der Waals surface area contributed by atoms with Gasteiger partial charge in [-0.2, -0.15) is 0 Å². The van der Waals surface area contributed by atoms with Crippen molar-refractivity contribution in [3.8, 4) is 0 Å². The van der Waals surface area contributed by atoms with Crippen LogP contribution in [-0.2, 0) is 16.0 Å². The van der Waals surface area contributed by atoms with Gasteiger partial charge in [0, 0.05) is 62.6 Å². The molecular weight excluding hydrogens is 414 g/mol. The van der Waals surface area contributed by atoms with E-state index in [1.54, 1.807) is 0 Å². The molecule has 3 heterocycles. The molecule has 184 valence electrons. The minimum absolute atomic E-state index is 0.0689. The summed E-state index contributed by atoms with van der Waals surface area (Å²) >= 11 is 0. The Balaban J connectivity index is 1.34. The van der Waals surface area contributed by atoms with Gasteiger partial charge in [-0.15, -0.1) is 0 Å². The highest BCUT2D eigenvalue weighted by Gasteiger charge is 2.34. The predicted octanol–water partition coefficient (Wildman–Crippen LogP) is 4.57. The van der Waals surface area contributed by atoms with Crippen LogP contribution in [0, 0.1) is 5.92 Å². The topological polar surface area (TPSA) is 54.0 Å². The Morgan fingerprint density at radius 1 is 1.06 bits per heavy atom. The van der Waals surface area contributed by atoms with Crippen LogP contribution in [0.3, 0.4) is 0 Å². The molecule has 0 saturated carbocycles. The molecule has 0 radical (unpaired) electrons. The van der Waals surface area contributed by atoms with Crippen molar-refractivity contribution in [1.82, 2.24) is 10.2 Å². The molecule has 1 unspecified atom stereocenters. The summed E-state index contributed by atoms with van der Waals surface area (Å²) in [4.78, 5) is 17.5. The van der Waals surface area contributed by atoms with Crippen LogP contribution >= 0.6 is 0 Å². The van der Waals surface area contributed by atoms with Crippen molar-refractivity contribution >= 4 is 11.6 Å². The molecule has 0 spiro atoms. The predicted molar refractivity (Wildman–Crippen MR) is 133 cm³/mol. The average molecular weight is 458 g/mol. The second-order valence-corrected chi connectivity index (χ2v) is 9.92. The fourth-order valence-electron chi connectivity index (χ4n) is 5.36. The Morgan fingerprint density at radius 3 is 2.42 bits per heavy atom. The Kier molecular flexibility index (Phi) is 9.04. The maximum atomic E-state index is 13.0. The lowest BCUT2D eigenvalue weighted by Crippen LogP contribution is -2.46. The van der Waals surface area contributed by atoms with E-state index in [9.17, 15) is 4.79 Å². The van der Waals surface area contributed by atoms with Gasteiger partial charge in [-0.05, 0) is 68.8 Å². The van der Waals surface area contributed by atoms with Crippen molar-refractivity contribution in [1.29, 1.82) is 0 Å². The van der Waals surface area contributed by atoms with Gasteiger partial charge in [-0.3, -0.25) is 4.79 Å². The minimum atomic E-state index is -0.0689. The SMILES string of the molecule is CCCCOC(OCCCC)C1CCN(c2ccc3c(c2)CN(C2CCCNC2)C3=O)CC1. The zero-order valence-corrected chi connectivity index (χ0v) is 20.7. The van der Waals surface area contributed by atoms with Crippen LogP contribution in [0.25, 0.3) is 0 Å². The van der Waals surface area contributed by atoms with Gasteiger partial charge in [-0.25, -0.2) is 0 Å². The minimum Gasteiger partial charge on any atom is -0.372 e. The van der Waals surface area contributed by atoms with Gasteiger partial charge in [0.1, 0.15) is 0 Å². The first-order valence-electron chi connectivity index (χ1n) is 13.3. The maximum absolute atomic E-state index is 13.0. The van der Waals surface area contributed by atoms with E-state index in [4.69, 9.17) is 9.47 Å². The number of hydrogen-bond acceptors (Lipinski definition) is 5. The summed E-state index contributed by atoms with van der Waals surface area (Å²) in [6.07, 6.45) is 8.83. The summed E-state index contributed by atoms with van der Waals surface area (Å²) in [5.74, 6) is 0.667. The zero-order chi connectivity index (χ0) is 23.0. The Labute approximate surface area is 200 Å². The lowest BCUT2D eigenvalue weighted by Gasteiger charge is -2.37. The monoisotopic (exact) mass is 457 g/mol. The largest absolute Gasteiger partial charge is 0.372 e. The van der Waals surface area contributed by atoms with Crippen molar-refractivity contribution in [2.45, 2.75) is 84.1 Å². The van der Waals surface area contributed by atoms with Gasteiger partial charge >= 0.3 is 0 Å². The summed E-state index contributed by atoms with van der Waals surface area (Å²) in [5, 5.41) is 3.44. The molecule has 6 heteroatoms. The number of amides is 1. The van der Waals surface area contributed by atoms with Gasteiger partial charge in [0.25, 0.3) is 5.91 Å². The van der Waals surface area contributed by atoms with Crippen LogP contribution in [0.1, 0.15) is 81.1 Å². The number of hydrogen-bond donors (Lipinski definition) is 1. The molecule has 1 amide bonds. The van der Waals surface area contributed by atoms with E-state index in [0.29, 0.717) is 12.0 Å². The number of rotatable bonds is 11. The van der Waals surface area contributed by atoms with Gasteiger partial charge in [0.2, 0.25) is 0 Å². The van der Waals surface area contributed by atoms with E-state index >= 15 is 0 Å². The number of piperidine rings is 2. The van der Waals surface area contributed by atoms with E-state index in [2.05, 4.69) is 47.2 Å². The molecule has 3 aliphatic heterocycles. The van der Waals surface area contributed by atoms with E-state index in [0.717, 1.165) is 103 Å². The number of nitrogens with one attached hydrogen (secondary N) is 1. The molecule has 1 aromatic carbocycles. The van der Waals surface area contributed by atoms with Crippen LogP contribution < -0.4 is 10.2 Å². The van der Waals surface area contributed by atoms with Gasteiger partial charge in [-0.1, -0.05) is 26.7 Å². The molecule has 0 aromatic heterocycles. The molecule has 4 rings (SSSR count). The van der Waals surface area contributed by atoms with E-state index in [-0.39, 0.29) is 12.2 Å². The Bertz CT molecular complexity index is 747. The molecule has 1 atom stereocenters. The number of anilines is 1. The number of unbranched alkanes of at least 4 members (excludes halogenated alkanes) is 2. The number of carbonyl (C=O) groups is 1. The molecule has 1 aromatic rings. The van der Waals surface area contributed by atoms with Crippen molar-refractivity contribution in [2.75, 3.05) is 44.3 Å². The quantitative estimate of drug-likeness (QED) is 0.390. The second kappa shape index (κ2) is 12.2. The summed E-state index contributed by atoms with van der Waals surface area (Å²) in [6.45, 7) is 10.7. The number of carbonyl (C=O) groups excluding carboxylic acids is 1. The molecular formula is C27H43N3O3. The number of nitrogens with zero attached hydrogens (tertiary/aromatic N) is 2. The summed E-state index contributed by atoms with van der Waals surface area (Å²) in [7, 11) is 0.